The maximum Gasteiger partial charge on any atom is 0.134 e. The molecule has 2 aliphatic carbocycles. The van der Waals surface area contributed by atoms with Gasteiger partial charge in [-0.25, -0.2) is 9.98 Å². The van der Waals surface area contributed by atoms with Crippen molar-refractivity contribution < 1.29 is 0 Å². The summed E-state index contributed by atoms with van der Waals surface area (Å²) in [5.41, 5.74) is 6.70. The molecule has 4 nitrogen and oxygen atoms in total. The molecule has 0 amide bonds. The molecule has 2 heterocycles. The molecule has 1 aliphatic heterocycles. The summed E-state index contributed by atoms with van der Waals surface area (Å²) < 4.78 is 2.33. The average molecular weight is 535 g/mol. The van der Waals surface area contributed by atoms with Gasteiger partial charge in [0.25, 0.3) is 0 Å². The Bertz CT molecular complexity index is 1790. The second-order valence-electron chi connectivity index (χ2n) is 10.9. The molecule has 4 heteroatoms. The van der Waals surface area contributed by atoms with Crippen LogP contribution in [0.3, 0.4) is 0 Å². The molecule has 0 saturated heterocycles. The van der Waals surface area contributed by atoms with E-state index in [0.29, 0.717) is 11.8 Å². The van der Waals surface area contributed by atoms with Crippen molar-refractivity contribution in [2.75, 3.05) is 4.90 Å². The number of allylic oxidation sites excluding steroid dienone is 7. The van der Waals surface area contributed by atoms with E-state index in [1.807, 2.05) is 0 Å². The zero-order valence-corrected chi connectivity index (χ0v) is 23.6. The molecule has 0 spiro atoms. The van der Waals surface area contributed by atoms with Crippen molar-refractivity contribution in [3.05, 3.63) is 133 Å². The highest BCUT2D eigenvalue weighted by atomic mass is 15.2. The molecule has 0 radical (unpaired) electrons. The fourth-order valence-corrected chi connectivity index (χ4v) is 6.11. The number of aromatic nitrogens is 1. The third-order valence-electron chi connectivity index (χ3n) is 8.12. The average Bonchev–Trinajstić information content (AvgIpc) is 3.77. The number of benzene rings is 3. The number of para-hydroxylation sites is 3. The normalized spacial score (nSPS) is 20.4. The third-order valence-corrected chi connectivity index (χ3v) is 8.12. The lowest BCUT2D eigenvalue weighted by atomic mass is 10.1. The van der Waals surface area contributed by atoms with Gasteiger partial charge >= 0.3 is 0 Å². The predicted octanol–water partition coefficient (Wildman–Crippen LogP) is 9.30. The first kappa shape index (κ1) is 25.3. The number of hydrogen-bond donors (Lipinski definition) is 0. The quantitative estimate of drug-likeness (QED) is 0.217. The van der Waals surface area contributed by atoms with E-state index in [1.165, 1.54) is 21.8 Å². The summed E-state index contributed by atoms with van der Waals surface area (Å²) in [5.74, 6) is 2.88. The molecular weight excluding hydrogens is 500 g/mol. The summed E-state index contributed by atoms with van der Waals surface area (Å²) in [6, 6.07) is 27.8. The van der Waals surface area contributed by atoms with Gasteiger partial charge in [-0.15, -0.1) is 0 Å². The molecule has 4 aromatic rings. The summed E-state index contributed by atoms with van der Waals surface area (Å²) >= 11 is 0. The van der Waals surface area contributed by atoms with Gasteiger partial charge in [-0.05, 0) is 74.6 Å². The highest BCUT2D eigenvalue weighted by molar-refractivity contribution is 6.44. The van der Waals surface area contributed by atoms with E-state index >= 15 is 0 Å². The van der Waals surface area contributed by atoms with Crippen molar-refractivity contribution in [1.82, 2.24) is 4.57 Å². The Labute approximate surface area is 241 Å². The first-order valence-corrected chi connectivity index (χ1v) is 14.7. The Balaban J connectivity index is 1.32. The van der Waals surface area contributed by atoms with Gasteiger partial charge in [0.2, 0.25) is 0 Å². The van der Waals surface area contributed by atoms with Crippen molar-refractivity contribution in [3.63, 3.8) is 0 Å². The smallest absolute Gasteiger partial charge is 0.134 e. The van der Waals surface area contributed by atoms with Crippen LogP contribution in [0, 0.1) is 11.8 Å². The fourth-order valence-electron chi connectivity index (χ4n) is 6.11. The largest absolute Gasteiger partial charge is 0.296 e. The molecule has 7 rings (SSSR count). The molecule has 1 saturated carbocycles. The van der Waals surface area contributed by atoms with E-state index < -0.39 is 0 Å². The van der Waals surface area contributed by atoms with Gasteiger partial charge in [0.05, 0.1) is 22.5 Å². The summed E-state index contributed by atoms with van der Waals surface area (Å²) in [5, 5.41) is 2.52. The molecule has 0 bridgehead atoms. The molecule has 202 valence electrons. The summed E-state index contributed by atoms with van der Waals surface area (Å²) in [4.78, 5) is 12.9. The van der Waals surface area contributed by atoms with E-state index in [-0.39, 0.29) is 0 Å². The Kier molecular flexibility index (Phi) is 6.60. The van der Waals surface area contributed by atoms with Gasteiger partial charge in [-0.2, -0.15) is 0 Å². The van der Waals surface area contributed by atoms with Gasteiger partial charge in [0.15, 0.2) is 0 Å². The number of rotatable bonds is 7. The minimum absolute atomic E-state index is 0.435. The van der Waals surface area contributed by atoms with Crippen LogP contribution in [0.4, 0.5) is 5.69 Å². The summed E-state index contributed by atoms with van der Waals surface area (Å²) in [7, 11) is 0. The van der Waals surface area contributed by atoms with Crippen molar-refractivity contribution in [1.29, 1.82) is 0 Å². The van der Waals surface area contributed by atoms with Crippen LogP contribution in [-0.4, -0.2) is 16.0 Å². The van der Waals surface area contributed by atoms with Crippen molar-refractivity contribution >= 4 is 44.7 Å². The molecule has 0 N–H and O–H groups in total. The molecule has 2 unspecified atom stereocenters. The van der Waals surface area contributed by atoms with Crippen LogP contribution >= 0.6 is 0 Å². The lowest BCUT2D eigenvalue weighted by Crippen LogP contribution is -2.23. The highest BCUT2D eigenvalue weighted by Crippen LogP contribution is 2.47. The molecule has 1 fully saturated rings. The summed E-state index contributed by atoms with van der Waals surface area (Å²) in [6.07, 6.45) is 18.3. The Morgan fingerprint density at radius 3 is 2.39 bits per heavy atom. The van der Waals surface area contributed by atoms with Gasteiger partial charge in [0.1, 0.15) is 11.6 Å². The van der Waals surface area contributed by atoms with Crippen molar-refractivity contribution in [2.45, 2.75) is 33.1 Å². The highest BCUT2D eigenvalue weighted by Gasteiger charge is 2.43. The minimum atomic E-state index is 0.435. The zero-order valence-electron chi connectivity index (χ0n) is 23.6. The van der Waals surface area contributed by atoms with Gasteiger partial charge in [-0.3, -0.25) is 9.47 Å². The molecule has 41 heavy (non-hydrogen) atoms. The van der Waals surface area contributed by atoms with E-state index in [0.717, 1.165) is 53.7 Å². The van der Waals surface area contributed by atoms with Crippen LogP contribution in [0.15, 0.2) is 143 Å². The van der Waals surface area contributed by atoms with Crippen LogP contribution in [0.5, 0.6) is 0 Å². The summed E-state index contributed by atoms with van der Waals surface area (Å²) in [6.45, 7) is 4.31. The van der Waals surface area contributed by atoms with Crippen LogP contribution < -0.4 is 4.90 Å². The lowest BCUT2D eigenvalue weighted by molar-refractivity contribution is 0.985. The van der Waals surface area contributed by atoms with E-state index in [4.69, 9.17) is 9.98 Å². The number of nitrogens with zero attached hydrogens (tertiary/aromatic N) is 4. The molecule has 3 aromatic carbocycles. The zero-order chi connectivity index (χ0) is 27.8. The lowest BCUT2D eigenvalue weighted by Gasteiger charge is -2.27. The predicted molar refractivity (Wildman–Crippen MR) is 174 cm³/mol. The first-order valence-electron chi connectivity index (χ1n) is 14.7. The monoisotopic (exact) mass is 534 g/mol. The SMILES string of the molecule is CC/C=C(\N=C(/C)C1=NC(n2c3ccccc3c3ccccc32)=CC2CC12)N(C1=CCC=CC=C1)c1ccccc1. The van der Waals surface area contributed by atoms with Gasteiger partial charge < -0.3 is 0 Å². The first-order chi connectivity index (χ1) is 20.2. The van der Waals surface area contributed by atoms with Gasteiger partial charge in [0, 0.05) is 28.1 Å². The van der Waals surface area contributed by atoms with Crippen LogP contribution in [-0.2, 0) is 0 Å². The molecule has 1 aromatic heterocycles. The maximum atomic E-state index is 5.35. The van der Waals surface area contributed by atoms with Crippen molar-refractivity contribution in [3.8, 4) is 0 Å². The Morgan fingerprint density at radius 2 is 1.66 bits per heavy atom. The van der Waals surface area contributed by atoms with E-state index in [9.17, 15) is 0 Å². The second kappa shape index (κ2) is 10.7. The minimum Gasteiger partial charge on any atom is -0.296 e. The van der Waals surface area contributed by atoms with Gasteiger partial charge in [-0.1, -0.05) is 85.8 Å². The van der Waals surface area contributed by atoms with Crippen LogP contribution in [0.25, 0.3) is 27.6 Å². The van der Waals surface area contributed by atoms with Crippen LogP contribution in [0.1, 0.15) is 33.1 Å². The second-order valence-corrected chi connectivity index (χ2v) is 10.9. The van der Waals surface area contributed by atoms with E-state index in [2.05, 4.69) is 145 Å². The van der Waals surface area contributed by atoms with E-state index in [1.54, 1.807) is 0 Å². The van der Waals surface area contributed by atoms with Crippen molar-refractivity contribution in [2.24, 2.45) is 21.8 Å². The maximum absolute atomic E-state index is 5.35. The number of fused-ring (bicyclic) bond motifs is 4. The fraction of sp³-hybridized carbons (Fsp3) is 0.189. The number of aliphatic imine (C=N–C) groups is 2. The number of anilines is 1. The Morgan fingerprint density at radius 1 is 0.951 bits per heavy atom. The molecular formula is C37H34N4. The van der Waals surface area contributed by atoms with Crippen LogP contribution in [0.2, 0.25) is 0 Å². The third kappa shape index (κ3) is 4.70. The topological polar surface area (TPSA) is 32.9 Å². The standard InChI is InChI=1S/C37H34N4/c1-3-15-35(40(29-18-9-6-10-19-29)28-16-7-4-5-8-17-28)38-26(2)37-32-24-27(32)25-36(39-37)41-33-22-13-11-20-30(33)31-21-12-14-23-34(31)41/h4-7,9-23,25,27,32H,3,8,24H2,1-2H3/b35-15+,38-26+. The number of hydrogen-bond acceptors (Lipinski definition) is 3. The molecule has 2 atom stereocenters. The molecule has 3 aliphatic rings. The Hall–Kier alpha value is -4.70.